The van der Waals surface area contributed by atoms with Crippen LogP contribution in [0.5, 0.6) is 5.75 Å². The van der Waals surface area contributed by atoms with Crippen LogP contribution in [-0.2, 0) is 0 Å². The third kappa shape index (κ3) is 2.77. The molecule has 0 saturated heterocycles. The second-order valence-electron chi connectivity index (χ2n) is 4.43. The Bertz CT molecular complexity index is 478. The summed E-state index contributed by atoms with van der Waals surface area (Å²) >= 11 is 11.7. The molecule has 1 aliphatic carbocycles. The summed E-state index contributed by atoms with van der Waals surface area (Å²) in [5.74, 6) is 0.531. The van der Waals surface area contributed by atoms with Crippen molar-refractivity contribution >= 4 is 28.9 Å². The number of anilines is 1. The van der Waals surface area contributed by atoms with E-state index in [0.717, 1.165) is 12.8 Å². The number of hydrogen-bond acceptors (Lipinski definition) is 3. The lowest BCUT2D eigenvalue weighted by Crippen LogP contribution is -2.13. The van der Waals surface area contributed by atoms with E-state index in [0.29, 0.717) is 34.5 Å². The number of nitrogens with two attached hydrogens (primary N) is 1. The minimum Gasteiger partial charge on any atom is -0.491 e. The summed E-state index contributed by atoms with van der Waals surface area (Å²) in [6, 6.07) is 5.37. The Labute approximate surface area is 110 Å². The molecule has 0 radical (unpaired) electrons. The normalized spacial score (nSPS) is 16.3. The minimum absolute atomic E-state index is 0.0211. The van der Waals surface area contributed by atoms with Gasteiger partial charge in [0, 0.05) is 17.9 Å². The molecule has 0 aliphatic heterocycles. The maximum Gasteiger partial charge on any atom is 0.143 e. The number of nitrogens with zero attached hydrogens (tertiary/aromatic N) is 1. The molecule has 1 saturated carbocycles. The van der Waals surface area contributed by atoms with Crippen molar-refractivity contribution in [2.24, 2.45) is 5.41 Å². The number of nitriles is 1. The van der Waals surface area contributed by atoms with Crippen LogP contribution in [0.2, 0.25) is 10.0 Å². The molecule has 5 heteroatoms. The topological polar surface area (TPSA) is 59.0 Å². The molecule has 1 aliphatic rings. The molecule has 0 unspecified atom stereocenters. The Kier molecular flexibility index (Phi) is 3.37. The van der Waals surface area contributed by atoms with E-state index in [9.17, 15) is 0 Å². The molecule has 90 valence electrons. The van der Waals surface area contributed by atoms with Crippen molar-refractivity contribution in [1.29, 1.82) is 5.26 Å². The largest absolute Gasteiger partial charge is 0.491 e. The minimum atomic E-state index is 0.0211. The first-order chi connectivity index (χ1) is 8.06. The highest BCUT2D eigenvalue weighted by Gasteiger charge is 2.43. The molecule has 0 spiro atoms. The van der Waals surface area contributed by atoms with Gasteiger partial charge in [0.25, 0.3) is 0 Å². The second kappa shape index (κ2) is 4.64. The van der Waals surface area contributed by atoms with E-state index in [2.05, 4.69) is 6.07 Å². The second-order valence-corrected chi connectivity index (χ2v) is 5.24. The summed E-state index contributed by atoms with van der Waals surface area (Å²) < 4.78 is 5.63. The average Bonchev–Trinajstić information content (AvgIpc) is 3.03. The zero-order valence-electron chi connectivity index (χ0n) is 9.17. The summed E-state index contributed by atoms with van der Waals surface area (Å²) in [6.45, 7) is 0.503. The molecule has 1 fully saturated rings. The molecular weight excluding hydrogens is 259 g/mol. The molecule has 2 N–H and O–H groups in total. The number of benzene rings is 1. The van der Waals surface area contributed by atoms with Gasteiger partial charge in [0.1, 0.15) is 5.75 Å². The van der Waals surface area contributed by atoms with E-state index in [1.54, 1.807) is 12.1 Å². The number of nitrogen functional groups attached to an aromatic ring is 1. The van der Waals surface area contributed by atoms with Crippen LogP contribution < -0.4 is 10.5 Å². The van der Waals surface area contributed by atoms with Gasteiger partial charge in [0.2, 0.25) is 0 Å². The molecule has 2 rings (SSSR count). The Morgan fingerprint density at radius 3 is 2.59 bits per heavy atom. The van der Waals surface area contributed by atoms with E-state index in [1.165, 1.54) is 0 Å². The van der Waals surface area contributed by atoms with Gasteiger partial charge in [-0.15, -0.1) is 0 Å². The van der Waals surface area contributed by atoms with Crippen LogP contribution >= 0.6 is 23.2 Å². The summed E-state index contributed by atoms with van der Waals surface area (Å²) in [5.41, 5.74) is 6.27. The fourth-order valence-corrected chi connectivity index (χ4v) is 1.94. The fraction of sp³-hybridized carbons (Fsp3) is 0.417. The Morgan fingerprint density at radius 2 is 2.00 bits per heavy atom. The van der Waals surface area contributed by atoms with Crippen molar-refractivity contribution in [3.05, 3.63) is 22.2 Å². The van der Waals surface area contributed by atoms with Gasteiger partial charge in [-0.05, 0) is 18.9 Å². The maximum atomic E-state index is 8.71. The molecule has 0 aromatic heterocycles. The van der Waals surface area contributed by atoms with Gasteiger partial charge in [-0.3, -0.25) is 0 Å². The van der Waals surface area contributed by atoms with Crippen LogP contribution in [0.4, 0.5) is 5.69 Å². The van der Waals surface area contributed by atoms with Crippen LogP contribution in [-0.4, -0.2) is 6.61 Å². The summed E-state index contributed by atoms with van der Waals surface area (Å²) in [5, 5.41) is 9.53. The van der Waals surface area contributed by atoms with Gasteiger partial charge in [0.15, 0.2) is 0 Å². The van der Waals surface area contributed by atoms with Gasteiger partial charge in [-0.1, -0.05) is 23.2 Å². The SMILES string of the molecule is N#CCC1(COc2cc(Cl)c(Cl)cc2N)CC1. The molecular formula is C12H12Cl2N2O. The molecule has 0 bridgehead atoms. The molecule has 1 aromatic carbocycles. The zero-order chi connectivity index (χ0) is 12.5. The number of halogens is 2. The highest BCUT2D eigenvalue weighted by Crippen LogP contribution is 2.49. The molecule has 3 nitrogen and oxygen atoms in total. The van der Waals surface area contributed by atoms with Crippen molar-refractivity contribution in [1.82, 2.24) is 0 Å². The van der Waals surface area contributed by atoms with Crippen molar-refractivity contribution in [3.8, 4) is 11.8 Å². The lowest BCUT2D eigenvalue weighted by atomic mass is 10.1. The smallest absolute Gasteiger partial charge is 0.143 e. The van der Waals surface area contributed by atoms with Crippen LogP contribution in [0.15, 0.2) is 12.1 Å². The lowest BCUT2D eigenvalue weighted by molar-refractivity contribution is 0.238. The van der Waals surface area contributed by atoms with Crippen molar-refractivity contribution < 1.29 is 4.74 Å². The lowest BCUT2D eigenvalue weighted by Gasteiger charge is -2.14. The van der Waals surface area contributed by atoms with Crippen molar-refractivity contribution in [2.45, 2.75) is 19.3 Å². The quantitative estimate of drug-likeness (QED) is 0.850. The summed E-state index contributed by atoms with van der Waals surface area (Å²) in [7, 11) is 0. The Morgan fingerprint density at radius 1 is 1.35 bits per heavy atom. The fourth-order valence-electron chi connectivity index (χ4n) is 1.62. The third-order valence-electron chi connectivity index (χ3n) is 3.00. The van der Waals surface area contributed by atoms with E-state index in [1.807, 2.05) is 0 Å². The third-order valence-corrected chi connectivity index (χ3v) is 3.72. The molecule has 17 heavy (non-hydrogen) atoms. The van der Waals surface area contributed by atoms with Gasteiger partial charge < -0.3 is 10.5 Å². The zero-order valence-corrected chi connectivity index (χ0v) is 10.7. The summed E-state index contributed by atoms with van der Waals surface area (Å²) in [6.07, 6.45) is 2.58. The van der Waals surface area contributed by atoms with Gasteiger partial charge >= 0.3 is 0 Å². The van der Waals surface area contributed by atoms with Gasteiger partial charge in [-0.25, -0.2) is 0 Å². The number of rotatable bonds is 4. The van der Waals surface area contributed by atoms with Crippen molar-refractivity contribution in [2.75, 3.05) is 12.3 Å². The van der Waals surface area contributed by atoms with E-state index in [-0.39, 0.29) is 5.41 Å². The first kappa shape index (κ1) is 12.3. The first-order valence-corrected chi connectivity index (χ1v) is 6.06. The molecule has 0 amide bonds. The average molecular weight is 271 g/mol. The van der Waals surface area contributed by atoms with Crippen LogP contribution in [0.1, 0.15) is 19.3 Å². The standard InChI is InChI=1S/C12H12Cl2N2O/c13-8-5-10(16)11(6-9(8)14)17-7-12(1-2-12)3-4-15/h5-6H,1-3,7,16H2. The highest BCUT2D eigenvalue weighted by atomic mass is 35.5. The van der Waals surface area contributed by atoms with Crippen LogP contribution in [0.3, 0.4) is 0 Å². The number of hydrogen-bond donors (Lipinski definition) is 1. The van der Waals surface area contributed by atoms with Crippen molar-refractivity contribution in [3.63, 3.8) is 0 Å². The molecule has 0 heterocycles. The monoisotopic (exact) mass is 270 g/mol. The van der Waals surface area contributed by atoms with Gasteiger partial charge in [-0.2, -0.15) is 5.26 Å². The van der Waals surface area contributed by atoms with Crippen LogP contribution in [0, 0.1) is 16.7 Å². The van der Waals surface area contributed by atoms with E-state index >= 15 is 0 Å². The highest BCUT2D eigenvalue weighted by molar-refractivity contribution is 6.42. The Hall–Kier alpha value is -1.11. The van der Waals surface area contributed by atoms with Gasteiger partial charge in [0.05, 0.1) is 28.4 Å². The number of ether oxygens (including phenoxy) is 1. The predicted molar refractivity (Wildman–Crippen MR) is 68.3 cm³/mol. The first-order valence-electron chi connectivity index (χ1n) is 5.31. The predicted octanol–water partition coefficient (Wildman–Crippen LogP) is 3.65. The summed E-state index contributed by atoms with van der Waals surface area (Å²) in [4.78, 5) is 0. The molecule has 1 aromatic rings. The van der Waals surface area contributed by atoms with Crippen LogP contribution in [0.25, 0.3) is 0 Å². The Balaban J connectivity index is 2.05. The van der Waals surface area contributed by atoms with E-state index in [4.69, 9.17) is 38.9 Å². The van der Waals surface area contributed by atoms with E-state index < -0.39 is 0 Å². The molecule has 0 atom stereocenters. The maximum absolute atomic E-state index is 8.71.